The highest BCUT2D eigenvalue weighted by Gasteiger charge is 2.30. The van der Waals surface area contributed by atoms with Crippen molar-refractivity contribution in [1.29, 1.82) is 0 Å². The lowest BCUT2D eigenvalue weighted by Gasteiger charge is -2.16. The molecule has 1 saturated carbocycles. The van der Waals surface area contributed by atoms with Gasteiger partial charge in [-0.2, -0.15) is 5.10 Å². The minimum atomic E-state index is -0.536. The monoisotopic (exact) mass is 500 g/mol. The molecule has 1 aliphatic heterocycles. The van der Waals surface area contributed by atoms with E-state index in [-0.39, 0.29) is 29.7 Å². The Labute approximate surface area is 211 Å². The van der Waals surface area contributed by atoms with Crippen molar-refractivity contribution < 1.29 is 13.9 Å². The average molecular weight is 501 g/mol. The topological polar surface area (TPSA) is 107 Å². The third-order valence-electron chi connectivity index (χ3n) is 7.36. The van der Waals surface area contributed by atoms with E-state index in [1.165, 1.54) is 37.9 Å². The number of pyridine rings is 1. The van der Waals surface area contributed by atoms with Crippen LogP contribution in [0.1, 0.15) is 64.1 Å². The Morgan fingerprint density at radius 2 is 2.08 bits per heavy atom. The Morgan fingerprint density at radius 1 is 1.22 bits per heavy atom. The third-order valence-corrected chi connectivity index (χ3v) is 7.36. The van der Waals surface area contributed by atoms with Crippen molar-refractivity contribution in [1.82, 2.24) is 39.5 Å². The van der Waals surface area contributed by atoms with Gasteiger partial charge >= 0.3 is 0 Å². The Kier molecular flexibility index (Phi) is 4.91. The number of nitrogens with one attached hydrogen (secondary N) is 2. The number of hydrogen-bond donors (Lipinski definition) is 2. The Hall–Kier alpha value is -4.41. The maximum atomic E-state index is 15.0. The molecular formula is C26H25FN8O2. The van der Waals surface area contributed by atoms with E-state index >= 15 is 4.39 Å². The molecule has 1 aromatic carbocycles. The molecule has 1 unspecified atom stereocenters. The smallest absolute Gasteiger partial charge is 0.272 e. The van der Waals surface area contributed by atoms with Crippen molar-refractivity contribution >= 4 is 11.6 Å². The summed E-state index contributed by atoms with van der Waals surface area (Å²) in [5, 5.41) is 13.9. The number of methoxy groups -OCH3 is 1. The normalized spacial score (nSPS) is 16.9. The molecule has 1 fully saturated rings. The minimum absolute atomic E-state index is 0.0371. The van der Waals surface area contributed by atoms with Crippen LogP contribution in [0.15, 0.2) is 49.1 Å². The lowest BCUT2D eigenvalue weighted by atomic mass is 10.0. The first-order valence-corrected chi connectivity index (χ1v) is 12.4. The average Bonchev–Trinajstić information content (AvgIpc) is 3.31. The van der Waals surface area contributed by atoms with Gasteiger partial charge in [-0.05, 0) is 55.0 Å². The van der Waals surface area contributed by atoms with Crippen LogP contribution >= 0.6 is 0 Å². The van der Waals surface area contributed by atoms with Crippen LogP contribution in [0.3, 0.4) is 0 Å². The SMILES string of the molecule is COc1ccc(-n2cn[nH]2)c(CNC(=O)c2cc3n(n2)CCC3c2cn3cc(C4CC4)ccc3n2)c1F. The van der Waals surface area contributed by atoms with Gasteiger partial charge in [-0.3, -0.25) is 9.48 Å². The number of aryl methyl sites for hydroxylation is 1. The van der Waals surface area contributed by atoms with Crippen LogP contribution < -0.4 is 10.1 Å². The van der Waals surface area contributed by atoms with E-state index in [4.69, 9.17) is 9.72 Å². The summed E-state index contributed by atoms with van der Waals surface area (Å²) in [6, 6.07) is 9.32. The van der Waals surface area contributed by atoms with Crippen LogP contribution in [0, 0.1) is 5.82 Å². The van der Waals surface area contributed by atoms with Crippen LogP contribution in [0.4, 0.5) is 4.39 Å². The predicted octanol–water partition coefficient (Wildman–Crippen LogP) is 3.54. The summed E-state index contributed by atoms with van der Waals surface area (Å²) in [4.78, 5) is 17.9. The number of rotatable bonds is 7. The van der Waals surface area contributed by atoms with Gasteiger partial charge < -0.3 is 14.5 Å². The number of imidazole rings is 1. The molecule has 0 radical (unpaired) electrons. The quantitative estimate of drug-likeness (QED) is 0.356. The number of benzene rings is 1. The summed E-state index contributed by atoms with van der Waals surface area (Å²) < 4.78 is 25.7. The first-order chi connectivity index (χ1) is 18.1. The number of fused-ring (bicyclic) bond motifs is 2. The Balaban J connectivity index is 1.12. The lowest BCUT2D eigenvalue weighted by Crippen LogP contribution is -2.25. The van der Waals surface area contributed by atoms with Crippen molar-refractivity contribution in [2.75, 3.05) is 7.11 Å². The van der Waals surface area contributed by atoms with Gasteiger partial charge in [0.1, 0.15) is 17.7 Å². The largest absolute Gasteiger partial charge is 0.494 e. The van der Waals surface area contributed by atoms with E-state index in [2.05, 4.69) is 49.7 Å². The highest BCUT2D eigenvalue weighted by atomic mass is 19.1. The van der Waals surface area contributed by atoms with Crippen molar-refractivity contribution in [3.05, 3.63) is 83.1 Å². The van der Waals surface area contributed by atoms with Crippen LogP contribution in [-0.2, 0) is 13.1 Å². The van der Waals surface area contributed by atoms with Crippen LogP contribution in [-0.4, -0.2) is 47.2 Å². The summed E-state index contributed by atoms with van der Waals surface area (Å²) in [7, 11) is 1.40. The highest BCUT2D eigenvalue weighted by Crippen LogP contribution is 2.40. The zero-order chi connectivity index (χ0) is 25.1. The van der Waals surface area contributed by atoms with Gasteiger partial charge in [0, 0.05) is 42.7 Å². The molecule has 2 N–H and O–H groups in total. The summed E-state index contributed by atoms with van der Waals surface area (Å²) in [5.41, 5.74) is 5.35. The molecule has 5 heterocycles. The first kappa shape index (κ1) is 21.8. The molecule has 188 valence electrons. The van der Waals surface area contributed by atoms with E-state index in [0.717, 1.165) is 23.5 Å². The van der Waals surface area contributed by atoms with E-state index in [1.807, 2.05) is 10.7 Å². The van der Waals surface area contributed by atoms with E-state index in [9.17, 15) is 4.79 Å². The number of aromatic amines is 1. The summed E-state index contributed by atoms with van der Waals surface area (Å²) >= 11 is 0. The number of carbonyl (C=O) groups is 1. The number of carbonyl (C=O) groups excluding carboxylic acids is 1. The molecule has 11 heteroatoms. The summed E-state index contributed by atoms with van der Waals surface area (Å²) in [6.45, 7) is 0.674. The van der Waals surface area contributed by atoms with E-state index in [0.29, 0.717) is 23.8 Å². The van der Waals surface area contributed by atoms with Crippen LogP contribution in [0.5, 0.6) is 5.75 Å². The zero-order valence-corrected chi connectivity index (χ0v) is 20.2. The molecule has 0 saturated heterocycles. The molecule has 0 spiro atoms. The predicted molar refractivity (Wildman–Crippen MR) is 131 cm³/mol. The fraction of sp³-hybridized carbons (Fsp3) is 0.308. The fourth-order valence-electron chi connectivity index (χ4n) is 5.19. The summed E-state index contributed by atoms with van der Waals surface area (Å²) in [6.07, 6.45) is 9.20. The number of hydrogen-bond acceptors (Lipinski definition) is 5. The molecule has 1 aliphatic carbocycles. The molecular weight excluding hydrogens is 475 g/mol. The number of aromatic nitrogens is 7. The Morgan fingerprint density at radius 3 is 2.84 bits per heavy atom. The first-order valence-electron chi connectivity index (χ1n) is 12.4. The number of H-pyrrole nitrogens is 1. The number of nitrogens with zero attached hydrogens (tertiary/aromatic N) is 6. The molecule has 4 aromatic heterocycles. The van der Waals surface area contributed by atoms with Crippen molar-refractivity contribution in [3.8, 4) is 11.4 Å². The van der Waals surface area contributed by atoms with Gasteiger partial charge in [0.2, 0.25) is 0 Å². The lowest BCUT2D eigenvalue weighted by molar-refractivity contribution is 0.0944. The standard InChI is InChI=1S/C26H25FN8O2/c1-37-23-6-5-21(35-14-29-32-35)18(25(23)27)11-28-26(36)19-10-22-17(8-9-34(22)31-19)20-13-33-12-16(15-2-3-15)4-7-24(33)30-20/h4-7,10,12-15,17,32H,2-3,8-9,11H2,1H3,(H,28,36). The van der Waals surface area contributed by atoms with E-state index in [1.54, 1.807) is 10.7 Å². The van der Waals surface area contributed by atoms with Crippen molar-refractivity contribution in [3.63, 3.8) is 0 Å². The van der Waals surface area contributed by atoms with Gasteiger partial charge in [0.15, 0.2) is 11.6 Å². The molecule has 1 amide bonds. The van der Waals surface area contributed by atoms with Gasteiger partial charge in [0.05, 0.1) is 18.5 Å². The zero-order valence-electron chi connectivity index (χ0n) is 20.2. The van der Waals surface area contributed by atoms with Crippen molar-refractivity contribution in [2.24, 2.45) is 0 Å². The van der Waals surface area contributed by atoms with Gasteiger partial charge in [-0.25, -0.2) is 19.3 Å². The molecule has 2 aliphatic rings. The molecule has 10 nitrogen and oxygen atoms in total. The maximum Gasteiger partial charge on any atom is 0.272 e. The Bertz CT molecular complexity index is 1630. The third kappa shape index (κ3) is 3.69. The maximum absolute atomic E-state index is 15.0. The molecule has 5 aromatic rings. The van der Waals surface area contributed by atoms with Gasteiger partial charge in [0.25, 0.3) is 5.91 Å². The number of halogens is 1. The van der Waals surface area contributed by atoms with Crippen LogP contribution in [0.25, 0.3) is 11.3 Å². The van der Waals surface area contributed by atoms with Crippen LogP contribution in [0.2, 0.25) is 0 Å². The van der Waals surface area contributed by atoms with Gasteiger partial charge in [-0.1, -0.05) is 6.07 Å². The van der Waals surface area contributed by atoms with Gasteiger partial charge in [-0.15, -0.1) is 5.10 Å². The highest BCUT2D eigenvalue weighted by molar-refractivity contribution is 5.92. The number of ether oxygens (including phenoxy) is 1. The molecule has 1 atom stereocenters. The molecule has 37 heavy (non-hydrogen) atoms. The van der Waals surface area contributed by atoms with E-state index < -0.39 is 5.82 Å². The van der Waals surface area contributed by atoms with Crippen molar-refractivity contribution in [2.45, 2.75) is 44.2 Å². The second kappa shape index (κ2) is 8.32. The second-order valence-electron chi connectivity index (χ2n) is 9.66. The molecule has 0 bridgehead atoms. The fourth-order valence-corrected chi connectivity index (χ4v) is 5.19. The minimum Gasteiger partial charge on any atom is -0.494 e. The second-order valence-corrected chi connectivity index (χ2v) is 9.66. The summed E-state index contributed by atoms with van der Waals surface area (Å²) in [5.74, 6) is -0.0563. The molecule has 7 rings (SSSR count). The number of amides is 1.